The van der Waals surface area contributed by atoms with E-state index in [9.17, 15) is 9.59 Å². The lowest BCUT2D eigenvalue weighted by atomic mass is 10.1. The SMILES string of the molecule is Cc1ccc(C(=O)NCC(=O)OCc2ncc(-c3ccc(Cl)cc3)o2)cc1. The Morgan fingerprint density at radius 3 is 2.52 bits per heavy atom. The third-order valence-electron chi connectivity index (χ3n) is 3.75. The standard InChI is InChI=1S/C20H17ClN2O4/c1-13-2-4-15(5-3-13)20(25)23-11-19(24)26-12-18-22-10-17(27-18)14-6-8-16(21)9-7-14/h2-10H,11-12H2,1H3,(H,23,25). The number of carbonyl (C=O) groups is 2. The molecule has 0 spiro atoms. The number of ether oxygens (including phenoxy) is 1. The summed E-state index contributed by atoms with van der Waals surface area (Å²) in [5, 5.41) is 3.14. The molecule has 0 unspecified atom stereocenters. The number of hydrogen-bond donors (Lipinski definition) is 1. The third-order valence-corrected chi connectivity index (χ3v) is 4.00. The van der Waals surface area contributed by atoms with Crippen LogP contribution in [-0.4, -0.2) is 23.4 Å². The van der Waals surface area contributed by atoms with Gasteiger partial charge >= 0.3 is 5.97 Å². The van der Waals surface area contributed by atoms with E-state index in [-0.39, 0.29) is 24.9 Å². The summed E-state index contributed by atoms with van der Waals surface area (Å²) in [6, 6.07) is 14.1. The van der Waals surface area contributed by atoms with Gasteiger partial charge in [-0.2, -0.15) is 0 Å². The minimum Gasteiger partial charge on any atom is -0.454 e. The molecular weight excluding hydrogens is 368 g/mol. The largest absolute Gasteiger partial charge is 0.454 e. The molecule has 1 heterocycles. The third kappa shape index (κ3) is 5.18. The van der Waals surface area contributed by atoms with Crippen molar-refractivity contribution in [2.45, 2.75) is 13.5 Å². The van der Waals surface area contributed by atoms with Crippen LogP contribution in [0, 0.1) is 6.92 Å². The lowest BCUT2D eigenvalue weighted by Crippen LogP contribution is -2.30. The van der Waals surface area contributed by atoms with Crippen molar-refractivity contribution >= 4 is 23.5 Å². The van der Waals surface area contributed by atoms with Gasteiger partial charge in [0.15, 0.2) is 12.4 Å². The number of rotatable bonds is 6. The minimum atomic E-state index is -0.582. The maximum atomic E-state index is 12.0. The average Bonchev–Trinajstić information content (AvgIpc) is 3.14. The zero-order chi connectivity index (χ0) is 19.2. The summed E-state index contributed by atoms with van der Waals surface area (Å²) in [5.74, 6) is -0.113. The molecule has 0 aliphatic rings. The fraction of sp³-hybridized carbons (Fsp3) is 0.150. The van der Waals surface area contributed by atoms with Gasteiger partial charge in [-0.3, -0.25) is 9.59 Å². The zero-order valence-electron chi connectivity index (χ0n) is 14.6. The number of oxazole rings is 1. The van der Waals surface area contributed by atoms with Crippen LogP contribution in [0.2, 0.25) is 5.02 Å². The number of nitrogens with zero attached hydrogens (tertiary/aromatic N) is 1. The first-order chi connectivity index (χ1) is 13.0. The number of aryl methyl sites for hydroxylation is 1. The van der Waals surface area contributed by atoms with Crippen LogP contribution < -0.4 is 5.32 Å². The fourth-order valence-electron chi connectivity index (χ4n) is 2.28. The number of carbonyl (C=O) groups excluding carboxylic acids is 2. The first-order valence-electron chi connectivity index (χ1n) is 8.22. The highest BCUT2D eigenvalue weighted by Crippen LogP contribution is 2.22. The van der Waals surface area contributed by atoms with Crippen LogP contribution in [0.25, 0.3) is 11.3 Å². The van der Waals surface area contributed by atoms with Crippen LogP contribution in [0.5, 0.6) is 0 Å². The molecule has 27 heavy (non-hydrogen) atoms. The number of benzene rings is 2. The summed E-state index contributed by atoms with van der Waals surface area (Å²) in [5.41, 5.74) is 2.35. The number of hydrogen-bond acceptors (Lipinski definition) is 5. The second-order valence-corrected chi connectivity index (χ2v) is 6.27. The average molecular weight is 385 g/mol. The van der Waals surface area contributed by atoms with Crippen LogP contribution >= 0.6 is 11.6 Å². The highest BCUT2D eigenvalue weighted by Gasteiger charge is 2.11. The van der Waals surface area contributed by atoms with Gasteiger partial charge < -0.3 is 14.5 Å². The highest BCUT2D eigenvalue weighted by molar-refractivity contribution is 6.30. The van der Waals surface area contributed by atoms with Gasteiger partial charge in [-0.15, -0.1) is 0 Å². The molecule has 1 N–H and O–H groups in total. The second kappa shape index (κ2) is 8.51. The Morgan fingerprint density at radius 1 is 1.11 bits per heavy atom. The van der Waals surface area contributed by atoms with Gasteiger partial charge in [0, 0.05) is 16.1 Å². The molecule has 1 amide bonds. The summed E-state index contributed by atoms with van der Waals surface area (Å²) in [6.45, 7) is 1.57. The second-order valence-electron chi connectivity index (χ2n) is 5.83. The maximum Gasteiger partial charge on any atom is 0.325 e. The molecule has 0 saturated carbocycles. The molecule has 1 aromatic heterocycles. The highest BCUT2D eigenvalue weighted by atomic mass is 35.5. The van der Waals surface area contributed by atoms with E-state index < -0.39 is 5.97 Å². The number of amides is 1. The van der Waals surface area contributed by atoms with Crippen LogP contribution in [0.4, 0.5) is 0 Å². The van der Waals surface area contributed by atoms with E-state index in [1.54, 1.807) is 42.6 Å². The molecule has 0 saturated heterocycles. The van der Waals surface area contributed by atoms with Crippen molar-refractivity contribution in [1.82, 2.24) is 10.3 Å². The molecule has 7 heteroatoms. The number of aromatic nitrogens is 1. The molecule has 138 valence electrons. The molecule has 0 fully saturated rings. The maximum absolute atomic E-state index is 12.0. The Morgan fingerprint density at radius 2 is 1.81 bits per heavy atom. The van der Waals surface area contributed by atoms with E-state index in [1.807, 2.05) is 19.1 Å². The molecule has 0 atom stereocenters. The summed E-state index contributed by atoms with van der Waals surface area (Å²) in [7, 11) is 0. The molecule has 0 radical (unpaired) electrons. The first-order valence-corrected chi connectivity index (χ1v) is 8.60. The Labute approximate surface area is 161 Å². The van der Waals surface area contributed by atoms with Crippen LogP contribution in [0.1, 0.15) is 21.8 Å². The molecule has 2 aromatic carbocycles. The normalized spacial score (nSPS) is 10.4. The Hall–Kier alpha value is -3.12. The summed E-state index contributed by atoms with van der Waals surface area (Å²) in [6.07, 6.45) is 1.55. The fourth-order valence-corrected chi connectivity index (χ4v) is 2.40. The Bertz CT molecular complexity index is 933. The topological polar surface area (TPSA) is 81.4 Å². The molecule has 0 aliphatic carbocycles. The van der Waals surface area contributed by atoms with Crippen LogP contribution in [0.3, 0.4) is 0 Å². The van der Waals surface area contributed by atoms with Gasteiger partial charge in [0.05, 0.1) is 6.20 Å². The molecular formula is C20H17ClN2O4. The number of halogens is 1. The van der Waals surface area contributed by atoms with Gasteiger partial charge in [-0.25, -0.2) is 4.98 Å². The van der Waals surface area contributed by atoms with Crippen molar-refractivity contribution in [3.05, 3.63) is 76.8 Å². The van der Waals surface area contributed by atoms with E-state index in [2.05, 4.69) is 10.3 Å². The molecule has 0 bridgehead atoms. The van der Waals surface area contributed by atoms with Crippen LogP contribution in [-0.2, 0) is 16.1 Å². The van der Waals surface area contributed by atoms with Crippen molar-refractivity contribution in [2.24, 2.45) is 0 Å². The lowest BCUT2D eigenvalue weighted by molar-refractivity contribution is -0.144. The zero-order valence-corrected chi connectivity index (χ0v) is 15.3. The quantitative estimate of drug-likeness (QED) is 0.654. The van der Waals surface area contributed by atoms with Crippen molar-refractivity contribution < 1.29 is 18.7 Å². The predicted octanol–water partition coefficient (Wildman–Crippen LogP) is 3.78. The molecule has 6 nitrogen and oxygen atoms in total. The minimum absolute atomic E-state index is 0.118. The van der Waals surface area contributed by atoms with E-state index in [0.29, 0.717) is 16.3 Å². The summed E-state index contributed by atoms with van der Waals surface area (Å²) >= 11 is 5.85. The number of esters is 1. The van der Waals surface area contributed by atoms with Crippen molar-refractivity contribution in [2.75, 3.05) is 6.54 Å². The Balaban J connectivity index is 1.47. The summed E-state index contributed by atoms with van der Waals surface area (Å²) in [4.78, 5) is 27.8. The van der Waals surface area contributed by atoms with E-state index >= 15 is 0 Å². The van der Waals surface area contributed by atoms with Crippen molar-refractivity contribution in [3.8, 4) is 11.3 Å². The smallest absolute Gasteiger partial charge is 0.325 e. The van der Waals surface area contributed by atoms with E-state index in [4.69, 9.17) is 20.8 Å². The van der Waals surface area contributed by atoms with E-state index in [0.717, 1.165) is 11.1 Å². The number of nitrogens with one attached hydrogen (secondary N) is 1. The van der Waals surface area contributed by atoms with Crippen molar-refractivity contribution in [1.29, 1.82) is 0 Å². The lowest BCUT2D eigenvalue weighted by Gasteiger charge is -2.05. The molecule has 3 aromatic rings. The van der Waals surface area contributed by atoms with Gasteiger partial charge in [-0.1, -0.05) is 29.3 Å². The van der Waals surface area contributed by atoms with Crippen molar-refractivity contribution in [3.63, 3.8) is 0 Å². The molecule has 3 rings (SSSR count). The predicted molar refractivity (Wildman–Crippen MR) is 100 cm³/mol. The molecule has 0 aliphatic heterocycles. The van der Waals surface area contributed by atoms with Gasteiger partial charge in [0.2, 0.25) is 5.89 Å². The van der Waals surface area contributed by atoms with Gasteiger partial charge in [-0.05, 0) is 43.3 Å². The monoisotopic (exact) mass is 384 g/mol. The first kappa shape index (κ1) is 18.7. The Kier molecular flexibility index (Phi) is 5.88. The van der Waals surface area contributed by atoms with E-state index in [1.165, 1.54) is 0 Å². The summed E-state index contributed by atoms with van der Waals surface area (Å²) < 4.78 is 10.6. The van der Waals surface area contributed by atoms with Gasteiger partial charge in [0.1, 0.15) is 6.54 Å². The van der Waals surface area contributed by atoms with Crippen LogP contribution in [0.15, 0.2) is 59.1 Å². The van der Waals surface area contributed by atoms with Gasteiger partial charge in [0.25, 0.3) is 5.91 Å².